The third-order valence-corrected chi connectivity index (χ3v) is 3.25. The van der Waals surface area contributed by atoms with Gasteiger partial charge in [0.1, 0.15) is 0 Å². The number of nitrogens with zero attached hydrogens (tertiary/aromatic N) is 1. The minimum Gasteiger partial charge on any atom is -0.326 e. The van der Waals surface area contributed by atoms with Crippen molar-refractivity contribution in [2.75, 3.05) is 18.4 Å². The number of amides is 1. The van der Waals surface area contributed by atoms with E-state index in [4.69, 9.17) is 0 Å². The fraction of sp³-hybridized carbons (Fsp3) is 0.500. The van der Waals surface area contributed by atoms with Gasteiger partial charge < -0.3 is 5.32 Å². The van der Waals surface area contributed by atoms with Crippen molar-refractivity contribution in [1.82, 2.24) is 4.90 Å². The van der Waals surface area contributed by atoms with Crippen LogP contribution in [0.1, 0.15) is 30.9 Å². The largest absolute Gasteiger partial charge is 0.416 e. The van der Waals surface area contributed by atoms with Gasteiger partial charge >= 0.3 is 6.18 Å². The zero-order valence-electron chi connectivity index (χ0n) is 11.3. The molecule has 2 rings (SSSR count). The van der Waals surface area contributed by atoms with Crippen molar-refractivity contribution >= 4 is 11.6 Å². The fourth-order valence-electron chi connectivity index (χ4n) is 2.42. The molecule has 1 fully saturated rings. The zero-order valence-corrected chi connectivity index (χ0v) is 11.3. The van der Waals surface area contributed by atoms with Gasteiger partial charge in [-0.3, -0.25) is 9.69 Å². The van der Waals surface area contributed by atoms with Crippen molar-refractivity contribution in [3.63, 3.8) is 0 Å². The van der Waals surface area contributed by atoms with Crippen molar-refractivity contribution in [3.8, 4) is 0 Å². The topological polar surface area (TPSA) is 32.3 Å². The first-order valence-corrected chi connectivity index (χ1v) is 6.56. The van der Waals surface area contributed by atoms with Crippen molar-refractivity contribution in [1.29, 1.82) is 0 Å². The lowest BCUT2D eigenvalue weighted by Gasteiger charge is -2.17. The Morgan fingerprint density at radius 1 is 1.25 bits per heavy atom. The molecule has 1 saturated heterocycles. The van der Waals surface area contributed by atoms with Gasteiger partial charge in [0.05, 0.1) is 5.56 Å². The molecule has 0 spiro atoms. The number of hydrogen-bond acceptors (Lipinski definition) is 2. The standard InChI is InChI=1S/C14H17F3N2O/c1-10(20)18-13-7-11(9-19-4-2-3-5-19)6-12(8-13)14(15,16)17/h6-8H,2-5,9H2,1H3,(H,18,20). The molecule has 6 heteroatoms. The first-order valence-electron chi connectivity index (χ1n) is 6.56. The van der Waals surface area contributed by atoms with Crippen LogP contribution >= 0.6 is 0 Å². The minimum absolute atomic E-state index is 0.196. The van der Waals surface area contributed by atoms with Crippen LogP contribution in [0.3, 0.4) is 0 Å². The maximum atomic E-state index is 12.9. The van der Waals surface area contributed by atoms with Crippen LogP contribution in [0.4, 0.5) is 18.9 Å². The van der Waals surface area contributed by atoms with Gasteiger partial charge in [-0.25, -0.2) is 0 Å². The number of halogens is 3. The molecule has 0 unspecified atom stereocenters. The van der Waals surface area contributed by atoms with Gasteiger partial charge in [-0.2, -0.15) is 13.2 Å². The monoisotopic (exact) mass is 286 g/mol. The SMILES string of the molecule is CC(=O)Nc1cc(CN2CCCC2)cc(C(F)(F)F)c1. The molecule has 1 aliphatic rings. The molecule has 1 heterocycles. The van der Waals surface area contributed by atoms with Crippen LogP contribution in [0.15, 0.2) is 18.2 Å². The van der Waals surface area contributed by atoms with E-state index in [2.05, 4.69) is 10.2 Å². The molecule has 1 aromatic rings. The number of carbonyl (C=O) groups is 1. The van der Waals surface area contributed by atoms with Gasteiger partial charge in [-0.05, 0) is 49.7 Å². The second-order valence-electron chi connectivity index (χ2n) is 5.08. The first kappa shape index (κ1) is 14.8. The Hall–Kier alpha value is -1.56. The summed E-state index contributed by atoms with van der Waals surface area (Å²) in [6.45, 7) is 3.58. The number of hydrogen-bond donors (Lipinski definition) is 1. The molecule has 0 saturated carbocycles. The van der Waals surface area contributed by atoms with Crippen LogP contribution in [-0.4, -0.2) is 23.9 Å². The summed E-state index contributed by atoms with van der Waals surface area (Å²) in [6.07, 6.45) is -2.25. The van der Waals surface area contributed by atoms with Crippen LogP contribution < -0.4 is 5.32 Å². The summed E-state index contributed by atoms with van der Waals surface area (Å²) in [5.41, 5.74) is 0.0462. The lowest BCUT2D eigenvalue weighted by molar-refractivity contribution is -0.137. The Bertz CT molecular complexity index is 494. The predicted octanol–water partition coefficient (Wildman–Crippen LogP) is 3.26. The van der Waals surface area contributed by atoms with Crippen LogP contribution in [0.25, 0.3) is 0 Å². The smallest absolute Gasteiger partial charge is 0.326 e. The van der Waals surface area contributed by atoms with Crippen LogP contribution in [0.5, 0.6) is 0 Å². The Balaban J connectivity index is 2.26. The first-order chi connectivity index (χ1) is 9.34. The summed E-state index contributed by atoms with van der Waals surface area (Å²) in [7, 11) is 0. The van der Waals surface area contributed by atoms with Gasteiger partial charge in [-0.15, -0.1) is 0 Å². The van der Waals surface area contributed by atoms with E-state index >= 15 is 0 Å². The number of likely N-dealkylation sites (tertiary alicyclic amines) is 1. The molecule has 1 N–H and O–H groups in total. The van der Waals surface area contributed by atoms with Gasteiger partial charge in [-0.1, -0.05) is 0 Å². The van der Waals surface area contributed by atoms with E-state index in [1.54, 1.807) is 6.07 Å². The van der Waals surface area contributed by atoms with Crippen molar-refractivity contribution < 1.29 is 18.0 Å². The number of carbonyl (C=O) groups excluding carboxylic acids is 1. The van der Waals surface area contributed by atoms with Crippen LogP contribution in [0, 0.1) is 0 Å². The normalized spacial score (nSPS) is 16.4. The van der Waals surface area contributed by atoms with E-state index in [-0.39, 0.29) is 11.6 Å². The van der Waals surface area contributed by atoms with E-state index in [0.29, 0.717) is 12.1 Å². The molecule has 110 valence electrons. The van der Waals surface area contributed by atoms with Crippen molar-refractivity contribution in [3.05, 3.63) is 29.3 Å². The number of benzene rings is 1. The second kappa shape index (κ2) is 5.83. The number of anilines is 1. The van der Waals surface area contributed by atoms with Crippen LogP contribution in [-0.2, 0) is 17.5 Å². The van der Waals surface area contributed by atoms with Crippen LogP contribution in [0.2, 0.25) is 0 Å². The summed E-state index contributed by atoms with van der Waals surface area (Å²) in [5.74, 6) is -0.378. The number of rotatable bonds is 3. The lowest BCUT2D eigenvalue weighted by Crippen LogP contribution is -2.19. The highest BCUT2D eigenvalue weighted by atomic mass is 19.4. The molecule has 1 amide bonds. The summed E-state index contributed by atoms with van der Waals surface area (Å²) >= 11 is 0. The Morgan fingerprint density at radius 3 is 2.45 bits per heavy atom. The lowest BCUT2D eigenvalue weighted by atomic mass is 10.1. The van der Waals surface area contributed by atoms with Gasteiger partial charge in [0.2, 0.25) is 5.91 Å². The molecule has 0 bridgehead atoms. The fourth-order valence-corrected chi connectivity index (χ4v) is 2.42. The minimum atomic E-state index is -4.41. The highest BCUT2D eigenvalue weighted by molar-refractivity contribution is 5.88. The Labute approximate surface area is 115 Å². The third kappa shape index (κ3) is 3.96. The molecule has 0 radical (unpaired) electrons. The van der Waals surface area contributed by atoms with Gasteiger partial charge in [0.15, 0.2) is 0 Å². The van der Waals surface area contributed by atoms with E-state index in [1.807, 2.05) is 0 Å². The predicted molar refractivity (Wildman–Crippen MR) is 70.3 cm³/mol. The van der Waals surface area contributed by atoms with E-state index < -0.39 is 11.7 Å². The molecule has 1 aliphatic heterocycles. The maximum Gasteiger partial charge on any atom is 0.416 e. The number of alkyl halides is 3. The zero-order chi connectivity index (χ0) is 14.8. The quantitative estimate of drug-likeness (QED) is 0.925. The van der Waals surface area contributed by atoms with Crippen molar-refractivity contribution in [2.24, 2.45) is 0 Å². The van der Waals surface area contributed by atoms with Gasteiger partial charge in [0.25, 0.3) is 0 Å². The Morgan fingerprint density at radius 2 is 1.90 bits per heavy atom. The highest BCUT2D eigenvalue weighted by Gasteiger charge is 2.31. The molecule has 0 aliphatic carbocycles. The highest BCUT2D eigenvalue weighted by Crippen LogP contribution is 2.32. The van der Waals surface area contributed by atoms with Crippen molar-refractivity contribution in [2.45, 2.75) is 32.5 Å². The average Bonchev–Trinajstić information content (AvgIpc) is 2.79. The molecule has 1 aromatic carbocycles. The molecule has 3 nitrogen and oxygen atoms in total. The number of nitrogens with one attached hydrogen (secondary N) is 1. The Kier molecular flexibility index (Phi) is 4.32. The molecular formula is C14H17F3N2O. The van der Waals surface area contributed by atoms with E-state index in [0.717, 1.165) is 38.1 Å². The molecule has 0 aromatic heterocycles. The summed E-state index contributed by atoms with van der Waals surface area (Å²) in [4.78, 5) is 13.1. The molecule has 0 atom stereocenters. The second-order valence-corrected chi connectivity index (χ2v) is 5.08. The van der Waals surface area contributed by atoms with E-state index in [1.165, 1.54) is 6.92 Å². The molecular weight excluding hydrogens is 269 g/mol. The van der Waals surface area contributed by atoms with Gasteiger partial charge in [0, 0.05) is 19.2 Å². The average molecular weight is 286 g/mol. The summed E-state index contributed by atoms with van der Waals surface area (Å²) in [6, 6.07) is 3.73. The van der Waals surface area contributed by atoms with E-state index in [9.17, 15) is 18.0 Å². The maximum absolute atomic E-state index is 12.9. The summed E-state index contributed by atoms with van der Waals surface area (Å²) < 4.78 is 38.6. The molecule has 20 heavy (non-hydrogen) atoms. The third-order valence-electron chi connectivity index (χ3n) is 3.25. The summed E-state index contributed by atoms with van der Waals surface area (Å²) in [5, 5.41) is 2.43.